The zero-order chi connectivity index (χ0) is 16.1. The van der Waals surface area contributed by atoms with Crippen LogP contribution < -0.4 is 10.1 Å². The van der Waals surface area contributed by atoms with Crippen molar-refractivity contribution in [2.75, 3.05) is 18.7 Å². The Labute approximate surface area is 137 Å². The molecule has 0 aliphatic heterocycles. The van der Waals surface area contributed by atoms with Gasteiger partial charge in [-0.3, -0.25) is 10.1 Å². The van der Waals surface area contributed by atoms with Crippen molar-refractivity contribution in [1.82, 2.24) is 4.98 Å². The molecule has 6 heteroatoms. The van der Waals surface area contributed by atoms with E-state index in [0.717, 1.165) is 10.2 Å². The van der Waals surface area contributed by atoms with E-state index in [1.807, 2.05) is 25.1 Å². The Bertz CT molecular complexity index is 802. The smallest absolute Gasteiger partial charge is 0.257 e. The summed E-state index contributed by atoms with van der Waals surface area (Å²) in [4.78, 5) is 16.5. The molecule has 0 saturated carbocycles. The normalized spacial score (nSPS) is 10.7. The molecule has 0 unspecified atom stereocenters. The zero-order valence-electron chi connectivity index (χ0n) is 12.5. The average molecular weight is 327 g/mol. The van der Waals surface area contributed by atoms with Gasteiger partial charge in [-0.1, -0.05) is 23.5 Å². The molecule has 1 heterocycles. The van der Waals surface area contributed by atoms with Crippen molar-refractivity contribution in [3.63, 3.8) is 0 Å². The molecule has 0 aliphatic rings. The molecule has 3 rings (SSSR count). The van der Waals surface area contributed by atoms with Crippen LogP contribution in [0.4, 0.5) is 5.13 Å². The van der Waals surface area contributed by atoms with E-state index in [2.05, 4.69) is 16.4 Å². The molecule has 5 nitrogen and oxygen atoms in total. The van der Waals surface area contributed by atoms with Gasteiger partial charge in [0.15, 0.2) is 11.9 Å². The molecule has 2 aromatic carbocycles. The molecule has 0 saturated heterocycles. The highest BCUT2D eigenvalue weighted by atomic mass is 32.1. The van der Waals surface area contributed by atoms with Gasteiger partial charge in [0, 0.05) is 12.2 Å². The zero-order valence-corrected chi connectivity index (χ0v) is 13.4. The van der Waals surface area contributed by atoms with Crippen LogP contribution in [-0.4, -0.2) is 24.3 Å². The first-order valence-corrected chi connectivity index (χ1v) is 7.96. The van der Waals surface area contributed by atoms with Crippen LogP contribution in [0.15, 0.2) is 42.5 Å². The highest BCUT2D eigenvalue weighted by Crippen LogP contribution is 2.29. The summed E-state index contributed by atoms with van der Waals surface area (Å²) in [5, 5.41) is 3.36. The van der Waals surface area contributed by atoms with E-state index in [1.165, 1.54) is 11.3 Å². The van der Waals surface area contributed by atoms with Crippen molar-refractivity contribution in [1.29, 1.82) is 0 Å². The number of anilines is 1. The number of thiazole rings is 1. The van der Waals surface area contributed by atoms with Crippen molar-refractivity contribution < 1.29 is 14.3 Å². The van der Waals surface area contributed by atoms with Crippen LogP contribution in [0.5, 0.6) is 5.75 Å². The minimum atomic E-state index is -0.189. The molecule has 1 amide bonds. The van der Waals surface area contributed by atoms with E-state index >= 15 is 0 Å². The fourth-order valence-electron chi connectivity index (χ4n) is 1.95. The van der Waals surface area contributed by atoms with E-state index in [9.17, 15) is 4.79 Å². The van der Waals surface area contributed by atoms with Gasteiger partial charge in [-0.15, -0.1) is 0 Å². The molecule has 0 aliphatic carbocycles. The Morgan fingerprint density at radius 3 is 2.91 bits per heavy atom. The number of carbonyl (C=O) groups is 1. The maximum absolute atomic E-state index is 12.1. The summed E-state index contributed by atoms with van der Waals surface area (Å²) in [6, 6.07) is 15.3. The lowest BCUT2D eigenvalue weighted by Crippen LogP contribution is -2.11. The predicted octanol–water partition coefficient (Wildman–Crippen LogP) is 3.72. The first-order valence-electron chi connectivity index (χ1n) is 7.15. The van der Waals surface area contributed by atoms with Crippen LogP contribution in [0.25, 0.3) is 10.2 Å². The number of fused-ring (bicyclic) bond motifs is 1. The average Bonchev–Trinajstić information content (AvgIpc) is 2.97. The molecule has 1 aromatic heterocycles. The lowest BCUT2D eigenvalue weighted by atomic mass is 10.2. The minimum absolute atomic E-state index is 0.189. The molecule has 0 atom stereocenters. The minimum Gasteiger partial charge on any atom is -0.468 e. The van der Waals surface area contributed by atoms with Crippen LogP contribution in [0.3, 0.4) is 0 Å². The second kappa shape index (κ2) is 7.21. The standard InChI is InChI=1S/C17H15N2O3S/c1-2-21-11-22-13-8-9-14-15(10-13)23-17(18-14)19-16(20)12-6-4-3-5-7-12/h4-10H,2,11H2,1H3,(H,18,19,20). The van der Waals surface area contributed by atoms with E-state index in [4.69, 9.17) is 9.47 Å². The van der Waals surface area contributed by atoms with Gasteiger partial charge < -0.3 is 9.47 Å². The number of amides is 1. The second-order valence-corrected chi connectivity index (χ2v) is 5.68. The van der Waals surface area contributed by atoms with E-state index < -0.39 is 0 Å². The summed E-state index contributed by atoms with van der Waals surface area (Å²) in [5.41, 5.74) is 1.39. The molecular weight excluding hydrogens is 312 g/mol. The number of nitrogens with zero attached hydrogens (tertiary/aromatic N) is 1. The van der Waals surface area contributed by atoms with Crippen LogP contribution in [0.1, 0.15) is 17.3 Å². The third kappa shape index (κ3) is 3.85. The monoisotopic (exact) mass is 327 g/mol. The summed E-state index contributed by atoms with van der Waals surface area (Å²) in [6.45, 7) is 2.74. The Morgan fingerprint density at radius 2 is 2.13 bits per heavy atom. The predicted molar refractivity (Wildman–Crippen MR) is 90.0 cm³/mol. The largest absolute Gasteiger partial charge is 0.468 e. The molecule has 0 fully saturated rings. The first-order chi connectivity index (χ1) is 11.3. The number of carbonyl (C=O) groups excluding carboxylic acids is 1. The van der Waals surface area contributed by atoms with E-state index in [1.54, 1.807) is 24.3 Å². The van der Waals surface area contributed by atoms with Gasteiger partial charge in [0.2, 0.25) is 0 Å². The number of rotatable bonds is 6. The molecule has 0 spiro atoms. The fourth-order valence-corrected chi connectivity index (χ4v) is 2.84. The SMILES string of the molecule is CCOCOc1ccc2nc(NC(=O)c3cc[c]cc3)sc2c1. The third-order valence-corrected chi connectivity index (χ3v) is 4.01. The highest BCUT2D eigenvalue weighted by molar-refractivity contribution is 7.22. The number of hydrogen-bond acceptors (Lipinski definition) is 5. The first kappa shape index (κ1) is 15.5. The third-order valence-electron chi connectivity index (χ3n) is 3.07. The number of benzene rings is 2. The summed E-state index contributed by atoms with van der Waals surface area (Å²) < 4.78 is 11.6. The van der Waals surface area contributed by atoms with Crippen LogP contribution in [0.2, 0.25) is 0 Å². The summed E-state index contributed by atoms with van der Waals surface area (Å²) in [5.74, 6) is 0.525. The number of nitrogens with one attached hydrogen (secondary N) is 1. The maximum Gasteiger partial charge on any atom is 0.257 e. The molecule has 23 heavy (non-hydrogen) atoms. The van der Waals surface area contributed by atoms with Gasteiger partial charge in [0.25, 0.3) is 5.91 Å². The van der Waals surface area contributed by atoms with E-state index in [-0.39, 0.29) is 12.7 Å². The summed E-state index contributed by atoms with van der Waals surface area (Å²) >= 11 is 1.40. The van der Waals surface area contributed by atoms with Crippen molar-refractivity contribution in [2.24, 2.45) is 0 Å². The fraction of sp³-hybridized carbons (Fsp3) is 0.176. The summed E-state index contributed by atoms with van der Waals surface area (Å²) in [6.07, 6.45) is 0. The molecule has 1 N–H and O–H groups in total. The van der Waals surface area contributed by atoms with E-state index in [0.29, 0.717) is 23.1 Å². The Morgan fingerprint density at radius 1 is 1.30 bits per heavy atom. The highest BCUT2D eigenvalue weighted by Gasteiger charge is 2.10. The van der Waals surface area contributed by atoms with Crippen molar-refractivity contribution in [3.05, 3.63) is 54.1 Å². The molecule has 3 aromatic rings. The molecular formula is C17H15N2O3S. The quantitative estimate of drug-likeness (QED) is 0.554. The topological polar surface area (TPSA) is 60.5 Å². The Hall–Kier alpha value is -2.44. The van der Waals surface area contributed by atoms with Crippen molar-refractivity contribution in [3.8, 4) is 5.75 Å². The molecule has 117 valence electrons. The number of aromatic nitrogens is 1. The van der Waals surface area contributed by atoms with Crippen LogP contribution in [-0.2, 0) is 4.74 Å². The Balaban J connectivity index is 1.73. The van der Waals surface area contributed by atoms with Gasteiger partial charge in [0.05, 0.1) is 10.2 Å². The molecule has 1 radical (unpaired) electrons. The van der Waals surface area contributed by atoms with Gasteiger partial charge in [-0.25, -0.2) is 4.98 Å². The Kier molecular flexibility index (Phi) is 4.85. The lowest BCUT2D eigenvalue weighted by molar-refractivity contribution is 0.0225. The van der Waals surface area contributed by atoms with Gasteiger partial charge in [-0.2, -0.15) is 0 Å². The second-order valence-electron chi connectivity index (χ2n) is 4.65. The van der Waals surface area contributed by atoms with Gasteiger partial charge >= 0.3 is 0 Å². The van der Waals surface area contributed by atoms with Gasteiger partial charge in [-0.05, 0) is 43.3 Å². The van der Waals surface area contributed by atoms with Crippen molar-refractivity contribution in [2.45, 2.75) is 6.92 Å². The number of hydrogen-bond donors (Lipinski definition) is 1. The molecule has 0 bridgehead atoms. The van der Waals surface area contributed by atoms with Gasteiger partial charge in [0.1, 0.15) is 5.75 Å². The van der Waals surface area contributed by atoms with Crippen molar-refractivity contribution >= 4 is 32.6 Å². The number of ether oxygens (including phenoxy) is 2. The maximum atomic E-state index is 12.1. The summed E-state index contributed by atoms with van der Waals surface area (Å²) in [7, 11) is 0. The van der Waals surface area contributed by atoms with Crippen LogP contribution in [0, 0.1) is 6.07 Å². The lowest BCUT2D eigenvalue weighted by Gasteiger charge is -2.04. The van der Waals surface area contributed by atoms with Crippen LogP contribution >= 0.6 is 11.3 Å².